The van der Waals surface area contributed by atoms with Crippen LogP contribution in [-0.4, -0.2) is 13.2 Å². The number of benzene rings is 1. The predicted molar refractivity (Wildman–Crippen MR) is 78.5 cm³/mol. The lowest BCUT2D eigenvalue weighted by atomic mass is 9.83. The molecule has 104 valence electrons. The summed E-state index contributed by atoms with van der Waals surface area (Å²) in [5.41, 5.74) is 2.85. The minimum atomic E-state index is 0.772. The van der Waals surface area contributed by atoms with Crippen molar-refractivity contribution >= 4 is 0 Å². The van der Waals surface area contributed by atoms with E-state index in [1.165, 1.54) is 36.8 Å². The molecule has 2 nitrogen and oxygen atoms in total. The molecule has 1 aromatic carbocycles. The van der Waals surface area contributed by atoms with Crippen LogP contribution in [0, 0.1) is 11.8 Å². The Kier molecular flexibility index (Phi) is 4.07. The summed E-state index contributed by atoms with van der Waals surface area (Å²) in [7, 11) is 0. The standard InChI is InChI=1S/C17H25NO/c1-13-5-7-14(8-6-13)12-19-17-4-2-3-15-11-18-10-9-16(15)17/h2-4,13-14,18H,5-12H2,1H3. The van der Waals surface area contributed by atoms with Gasteiger partial charge >= 0.3 is 0 Å². The fraction of sp³-hybridized carbons (Fsp3) is 0.647. The Labute approximate surface area is 116 Å². The third kappa shape index (κ3) is 3.11. The topological polar surface area (TPSA) is 21.3 Å². The lowest BCUT2D eigenvalue weighted by molar-refractivity contribution is 0.186. The van der Waals surface area contributed by atoms with Gasteiger partial charge in [0.1, 0.15) is 5.75 Å². The molecule has 1 saturated carbocycles. The molecule has 1 aliphatic carbocycles. The zero-order valence-corrected chi connectivity index (χ0v) is 12.0. The van der Waals surface area contributed by atoms with E-state index < -0.39 is 0 Å². The zero-order valence-electron chi connectivity index (χ0n) is 12.0. The van der Waals surface area contributed by atoms with Gasteiger partial charge in [-0.1, -0.05) is 31.9 Å². The number of hydrogen-bond donors (Lipinski definition) is 1. The van der Waals surface area contributed by atoms with Gasteiger partial charge in [-0.3, -0.25) is 0 Å². The fourth-order valence-corrected chi connectivity index (χ4v) is 3.34. The van der Waals surface area contributed by atoms with E-state index in [0.29, 0.717) is 0 Å². The molecule has 3 rings (SSSR count). The van der Waals surface area contributed by atoms with Crippen molar-refractivity contribution in [2.75, 3.05) is 13.2 Å². The van der Waals surface area contributed by atoms with Crippen molar-refractivity contribution in [1.29, 1.82) is 0 Å². The van der Waals surface area contributed by atoms with Crippen molar-refractivity contribution in [1.82, 2.24) is 5.32 Å². The second kappa shape index (κ2) is 5.96. The molecule has 2 aliphatic rings. The minimum Gasteiger partial charge on any atom is -0.493 e. The maximum Gasteiger partial charge on any atom is 0.122 e. The predicted octanol–water partition coefficient (Wildman–Crippen LogP) is 3.54. The molecular weight excluding hydrogens is 234 g/mol. The Morgan fingerprint density at radius 2 is 2.05 bits per heavy atom. The number of ether oxygens (including phenoxy) is 1. The highest BCUT2D eigenvalue weighted by Gasteiger charge is 2.20. The lowest BCUT2D eigenvalue weighted by Crippen LogP contribution is -2.25. The van der Waals surface area contributed by atoms with Gasteiger partial charge < -0.3 is 10.1 Å². The number of nitrogens with one attached hydrogen (secondary N) is 1. The van der Waals surface area contributed by atoms with E-state index in [-0.39, 0.29) is 0 Å². The molecule has 1 aromatic rings. The second-order valence-corrected chi connectivity index (χ2v) is 6.26. The summed E-state index contributed by atoms with van der Waals surface area (Å²) in [6, 6.07) is 6.50. The maximum absolute atomic E-state index is 6.15. The Balaban J connectivity index is 1.61. The molecule has 0 aromatic heterocycles. The van der Waals surface area contributed by atoms with Crippen molar-refractivity contribution in [3.63, 3.8) is 0 Å². The van der Waals surface area contributed by atoms with Gasteiger partial charge in [0.25, 0.3) is 0 Å². The van der Waals surface area contributed by atoms with Crippen LogP contribution in [0.25, 0.3) is 0 Å². The van der Waals surface area contributed by atoms with E-state index in [0.717, 1.165) is 43.7 Å². The van der Waals surface area contributed by atoms with E-state index in [9.17, 15) is 0 Å². The highest BCUT2D eigenvalue weighted by Crippen LogP contribution is 2.30. The minimum absolute atomic E-state index is 0.772. The van der Waals surface area contributed by atoms with Crippen LogP contribution in [-0.2, 0) is 13.0 Å². The first-order valence-electron chi connectivity index (χ1n) is 7.77. The largest absolute Gasteiger partial charge is 0.493 e. The molecule has 0 bridgehead atoms. The average molecular weight is 259 g/mol. The van der Waals surface area contributed by atoms with Crippen LogP contribution in [0.5, 0.6) is 5.75 Å². The highest BCUT2D eigenvalue weighted by atomic mass is 16.5. The van der Waals surface area contributed by atoms with Gasteiger partial charge in [-0.15, -0.1) is 0 Å². The van der Waals surface area contributed by atoms with Gasteiger partial charge in [0.05, 0.1) is 6.61 Å². The van der Waals surface area contributed by atoms with E-state index in [2.05, 4.69) is 30.4 Å². The summed E-state index contributed by atoms with van der Waals surface area (Å²) in [4.78, 5) is 0. The van der Waals surface area contributed by atoms with Crippen molar-refractivity contribution < 1.29 is 4.74 Å². The zero-order chi connectivity index (χ0) is 13.1. The molecule has 0 radical (unpaired) electrons. The summed E-state index contributed by atoms with van der Waals surface area (Å²) < 4.78 is 6.15. The van der Waals surface area contributed by atoms with Gasteiger partial charge in [0.15, 0.2) is 0 Å². The Morgan fingerprint density at radius 3 is 2.89 bits per heavy atom. The van der Waals surface area contributed by atoms with Crippen molar-refractivity contribution in [2.45, 2.75) is 45.6 Å². The monoisotopic (exact) mass is 259 g/mol. The van der Waals surface area contributed by atoms with Gasteiger partial charge in [0.2, 0.25) is 0 Å². The first-order valence-corrected chi connectivity index (χ1v) is 7.77. The van der Waals surface area contributed by atoms with Crippen molar-refractivity contribution in [3.8, 4) is 5.75 Å². The summed E-state index contributed by atoms with van der Waals surface area (Å²) in [5.74, 6) is 2.83. The quantitative estimate of drug-likeness (QED) is 0.896. The summed E-state index contributed by atoms with van der Waals surface area (Å²) in [6.45, 7) is 5.36. The Morgan fingerprint density at radius 1 is 1.21 bits per heavy atom. The smallest absolute Gasteiger partial charge is 0.122 e. The number of fused-ring (bicyclic) bond motifs is 1. The molecule has 0 unspecified atom stereocenters. The lowest BCUT2D eigenvalue weighted by Gasteiger charge is -2.27. The Hall–Kier alpha value is -1.02. The molecule has 0 spiro atoms. The molecule has 0 atom stereocenters. The summed E-state index contributed by atoms with van der Waals surface area (Å²) in [5, 5.41) is 3.42. The van der Waals surface area contributed by atoms with Gasteiger partial charge in [-0.25, -0.2) is 0 Å². The van der Waals surface area contributed by atoms with Crippen LogP contribution in [0.3, 0.4) is 0 Å². The molecule has 0 saturated heterocycles. The van der Waals surface area contributed by atoms with Crippen LogP contribution in [0.2, 0.25) is 0 Å². The highest BCUT2D eigenvalue weighted by molar-refractivity contribution is 5.41. The van der Waals surface area contributed by atoms with Crippen LogP contribution >= 0.6 is 0 Å². The summed E-state index contributed by atoms with van der Waals surface area (Å²) >= 11 is 0. The molecule has 2 heteroatoms. The van der Waals surface area contributed by atoms with Crippen LogP contribution in [0.4, 0.5) is 0 Å². The average Bonchev–Trinajstić information content (AvgIpc) is 2.47. The van der Waals surface area contributed by atoms with Crippen LogP contribution in [0.15, 0.2) is 18.2 Å². The molecule has 0 amide bonds. The van der Waals surface area contributed by atoms with E-state index >= 15 is 0 Å². The molecular formula is C17H25NO. The van der Waals surface area contributed by atoms with Crippen molar-refractivity contribution in [3.05, 3.63) is 29.3 Å². The van der Waals surface area contributed by atoms with Gasteiger partial charge in [-0.2, -0.15) is 0 Å². The van der Waals surface area contributed by atoms with E-state index in [4.69, 9.17) is 4.74 Å². The normalized spacial score (nSPS) is 26.8. The maximum atomic E-state index is 6.15. The summed E-state index contributed by atoms with van der Waals surface area (Å²) in [6.07, 6.45) is 6.55. The first kappa shape index (κ1) is 13.0. The second-order valence-electron chi connectivity index (χ2n) is 6.26. The molecule has 1 N–H and O–H groups in total. The third-order valence-corrected chi connectivity index (χ3v) is 4.71. The van der Waals surface area contributed by atoms with E-state index in [1.807, 2.05) is 0 Å². The van der Waals surface area contributed by atoms with Crippen LogP contribution in [0.1, 0.15) is 43.7 Å². The molecule has 1 fully saturated rings. The Bertz CT molecular complexity index is 421. The first-order chi connectivity index (χ1) is 9.33. The molecule has 1 heterocycles. The number of hydrogen-bond acceptors (Lipinski definition) is 2. The van der Waals surface area contributed by atoms with Crippen LogP contribution < -0.4 is 10.1 Å². The SMILES string of the molecule is CC1CCC(COc2cccc3c2CCNC3)CC1. The number of rotatable bonds is 3. The van der Waals surface area contributed by atoms with Gasteiger partial charge in [-0.05, 0) is 54.8 Å². The van der Waals surface area contributed by atoms with E-state index in [1.54, 1.807) is 0 Å². The fourth-order valence-electron chi connectivity index (χ4n) is 3.34. The third-order valence-electron chi connectivity index (χ3n) is 4.71. The molecule has 1 aliphatic heterocycles. The molecule has 19 heavy (non-hydrogen) atoms. The van der Waals surface area contributed by atoms with Gasteiger partial charge in [0, 0.05) is 6.54 Å². The van der Waals surface area contributed by atoms with Crippen molar-refractivity contribution in [2.24, 2.45) is 11.8 Å².